The van der Waals surface area contributed by atoms with Gasteiger partial charge in [-0.1, -0.05) is 42.8 Å². The minimum Gasteiger partial charge on any atom is -0.497 e. The van der Waals surface area contributed by atoms with E-state index in [1.807, 2.05) is 19.1 Å². The number of imide groups is 1. The molecule has 0 bridgehead atoms. The van der Waals surface area contributed by atoms with Crippen molar-refractivity contribution in [3.8, 4) is 5.75 Å². The Morgan fingerprint density at radius 3 is 2.42 bits per heavy atom. The van der Waals surface area contributed by atoms with E-state index in [1.165, 1.54) is 19.2 Å². The third kappa shape index (κ3) is 4.16. The van der Waals surface area contributed by atoms with Crippen molar-refractivity contribution >= 4 is 35.1 Å². The molecule has 1 saturated heterocycles. The number of ether oxygens (including phenoxy) is 1. The molecule has 3 atom stereocenters. The zero-order valence-corrected chi connectivity index (χ0v) is 19.0. The van der Waals surface area contributed by atoms with Gasteiger partial charge in [-0.05, 0) is 48.7 Å². The summed E-state index contributed by atoms with van der Waals surface area (Å²) in [6.45, 7) is 1.37. The van der Waals surface area contributed by atoms with Gasteiger partial charge in [0.25, 0.3) is 17.7 Å². The molecule has 3 amide bonds. The molecule has 0 aromatic heterocycles. The molecular formula is C25H23ClN2O5. The summed E-state index contributed by atoms with van der Waals surface area (Å²) in [5.74, 6) is -2.79. The highest BCUT2D eigenvalue weighted by atomic mass is 35.5. The zero-order chi connectivity index (χ0) is 23.7. The number of carbonyl (C=O) groups excluding carboxylic acids is 4. The lowest BCUT2D eigenvalue weighted by molar-refractivity contribution is -0.154. The molecule has 0 N–H and O–H groups in total. The first-order valence-electron chi connectivity index (χ1n) is 10.6. The predicted molar refractivity (Wildman–Crippen MR) is 122 cm³/mol. The number of fused-ring (bicyclic) bond motifs is 1. The molecule has 0 radical (unpaired) electrons. The second-order valence-corrected chi connectivity index (χ2v) is 8.55. The van der Waals surface area contributed by atoms with E-state index < -0.39 is 41.9 Å². The number of allylic oxidation sites excluding steroid dienone is 2. The van der Waals surface area contributed by atoms with Crippen LogP contribution in [0.2, 0.25) is 5.02 Å². The molecule has 2 aromatic rings. The standard InChI is InChI=1S/C25H23ClN2O5/c1-15-6-5-8-19-22(15)25(32)28(24(19)31)27(23(30)18-7-3-4-9-20(18)26)14-21(29)16-10-12-17(33-2)13-11-16/h3-7,9-13,15,19,22H,8,14H2,1-2H3/t15-,19-,22+/m1/s1. The summed E-state index contributed by atoms with van der Waals surface area (Å²) in [5, 5.41) is 1.95. The Kier molecular flexibility index (Phi) is 6.33. The van der Waals surface area contributed by atoms with E-state index in [4.69, 9.17) is 16.3 Å². The molecule has 170 valence electrons. The van der Waals surface area contributed by atoms with Crippen LogP contribution in [0.5, 0.6) is 5.75 Å². The molecule has 1 aliphatic heterocycles. The number of nitrogens with zero attached hydrogens (tertiary/aromatic N) is 2. The first-order chi connectivity index (χ1) is 15.8. The van der Waals surface area contributed by atoms with E-state index in [9.17, 15) is 19.2 Å². The van der Waals surface area contributed by atoms with E-state index in [-0.39, 0.29) is 16.5 Å². The molecule has 0 unspecified atom stereocenters. The number of carbonyl (C=O) groups is 4. The number of ketones is 1. The van der Waals surface area contributed by atoms with Crippen LogP contribution in [0.3, 0.4) is 0 Å². The molecule has 8 heteroatoms. The lowest BCUT2D eigenvalue weighted by Crippen LogP contribution is -2.52. The van der Waals surface area contributed by atoms with Gasteiger partial charge in [0.1, 0.15) is 12.3 Å². The summed E-state index contributed by atoms with van der Waals surface area (Å²) in [5.41, 5.74) is 0.419. The van der Waals surface area contributed by atoms with Crippen molar-refractivity contribution < 1.29 is 23.9 Å². The van der Waals surface area contributed by atoms with E-state index in [0.717, 1.165) is 10.0 Å². The van der Waals surface area contributed by atoms with Gasteiger partial charge in [0.05, 0.1) is 29.5 Å². The van der Waals surface area contributed by atoms with Crippen molar-refractivity contribution in [2.24, 2.45) is 17.8 Å². The fraction of sp³-hybridized carbons (Fsp3) is 0.280. The van der Waals surface area contributed by atoms with Crippen LogP contribution >= 0.6 is 11.6 Å². The lowest BCUT2D eigenvalue weighted by atomic mass is 9.78. The fourth-order valence-corrected chi connectivity index (χ4v) is 4.60. The van der Waals surface area contributed by atoms with E-state index >= 15 is 0 Å². The van der Waals surface area contributed by atoms with Gasteiger partial charge in [-0.3, -0.25) is 19.2 Å². The average molecular weight is 467 g/mol. The maximum absolute atomic E-state index is 13.5. The Bertz CT molecular complexity index is 1140. The Morgan fingerprint density at radius 1 is 1.09 bits per heavy atom. The van der Waals surface area contributed by atoms with Gasteiger partial charge in [0.2, 0.25) is 0 Å². The maximum atomic E-state index is 13.5. The van der Waals surface area contributed by atoms with Gasteiger partial charge >= 0.3 is 0 Å². The van der Waals surface area contributed by atoms with Crippen LogP contribution in [0.1, 0.15) is 34.1 Å². The molecule has 2 aromatic carbocycles. The van der Waals surface area contributed by atoms with Gasteiger partial charge in [-0.2, -0.15) is 5.01 Å². The van der Waals surface area contributed by atoms with Crippen molar-refractivity contribution in [3.63, 3.8) is 0 Å². The SMILES string of the molecule is COc1ccc(C(=O)CN(C(=O)c2ccccc2Cl)N2C(=O)[C@H]3[C@H](C)C=CC[C@H]3C2=O)cc1. The number of hydrazine groups is 1. The van der Waals surface area contributed by atoms with Crippen molar-refractivity contribution in [2.75, 3.05) is 13.7 Å². The second kappa shape index (κ2) is 9.19. The Hall–Kier alpha value is -3.45. The Morgan fingerprint density at radius 2 is 1.79 bits per heavy atom. The topological polar surface area (TPSA) is 84.0 Å². The monoisotopic (exact) mass is 466 g/mol. The number of Topliss-reactive ketones (excluding diaryl/α,β-unsaturated/α-hetero) is 1. The second-order valence-electron chi connectivity index (χ2n) is 8.14. The number of hydrogen-bond donors (Lipinski definition) is 0. The number of halogens is 1. The van der Waals surface area contributed by atoms with Gasteiger partial charge in [0, 0.05) is 5.56 Å². The minimum atomic E-state index is -0.691. The van der Waals surface area contributed by atoms with Crippen LogP contribution < -0.4 is 4.74 Å². The van der Waals surface area contributed by atoms with E-state index in [0.29, 0.717) is 17.7 Å². The molecule has 1 aliphatic carbocycles. The molecule has 7 nitrogen and oxygen atoms in total. The van der Waals surface area contributed by atoms with Gasteiger partial charge in [0.15, 0.2) is 5.78 Å². The van der Waals surface area contributed by atoms with Crippen LogP contribution in [0, 0.1) is 17.8 Å². The van der Waals surface area contributed by atoms with Gasteiger partial charge < -0.3 is 4.74 Å². The Labute approximate surface area is 196 Å². The van der Waals surface area contributed by atoms with E-state index in [1.54, 1.807) is 36.4 Å². The fourth-order valence-electron chi connectivity index (χ4n) is 4.38. The molecule has 0 saturated carbocycles. The predicted octanol–water partition coefficient (Wildman–Crippen LogP) is 3.79. The third-order valence-electron chi connectivity index (χ3n) is 6.13. The van der Waals surface area contributed by atoms with Crippen LogP contribution in [0.25, 0.3) is 0 Å². The smallest absolute Gasteiger partial charge is 0.274 e. The highest BCUT2D eigenvalue weighted by Crippen LogP contribution is 2.39. The summed E-state index contributed by atoms with van der Waals surface area (Å²) < 4.78 is 5.12. The number of rotatable bonds is 6. The molecule has 1 fully saturated rings. The molecule has 0 spiro atoms. The molecule has 1 heterocycles. The van der Waals surface area contributed by atoms with Gasteiger partial charge in [-0.15, -0.1) is 0 Å². The highest BCUT2D eigenvalue weighted by Gasteiger charge is 2.53. The van der Waals surface area contributed by atoms with Crippen molar-refractivity contribution in [2.45, 2.75) is 13.3 Å². The third-order valence-corrected chi connectivity index (χ3v) is 6.46. The number of benzene rings is 2. The molecule has 4 rings (SSSR count). The lowest BCUT2D eigenvalue weighted by Gasteiger charge is -2.30. The summed E-state index contributed by atoms with van der Waals surface area (Å²) in [6, 6.07) is 12.7. The number of methoxy groups -OCH3 is 1. The molecular weight excluding hydrogens is 444 g/mol. The van der Waals surface area contributed by atoms with Crippen molar-refractivity contribution in [1.82, 2.24) is 10.0 Å². The molecule has 33 heavy (non-hydrogen) atoms. The van der Waals surface area contributed by atoms with Crippen LogP contribution in [-0.4, -0.2) is 47.2 Å². The Balaban J connectivity index is 1.71. The van der Waals surface area contributed by atoms with Crippen molar-refractivity contribution in [3.05, 3.63) is 76.8 Å². The first kappa shape index (κ1) is 22.7. The first-order valence-corrected chi connectivity index (χ1v) is 11.0. The van der Waals surface area contributed by atoms with Crippen LogP contribution in [-0.2, 0) is 9.59 Å². The normalized spacial score (nSPS) is 21.7. The molecule has 2 aliphatic rings. The maximum Gasteiger partial charge on any atom is 0.274 e. The summed E-state index contributed by atoms with van der Waals surface area (Å²) in [4.78, 5) is 53.2. The summed E-state index contributed by atoms with van der Waals surface area (Å²) in [6.07, 6.45) is 4.19. The summed E-state index contributed by atoms with van der Waals surface area (Å²) >= 11 is 6.23. The van der Waals surface area contributed by atoms with Crippen LogP contribution in [0.4, 0.5) is 0 Å². The van der Waals surface area contributed by atoms with Gasteiger partial charge in [-0.25, -0.2) is 5.01 Å². The largest absolute Gasteiger partial charge is 0.497 e. The van der Waals surface area contributed by atoms with Crippen LogP contribution in [0.15, 0.2) is 60.7 Å². The van der Waals surface area contributed by atoms with Crippen molar-refractivity contribution in [1.29, 1.82) is 0 Å². The highest BCUT2D eigenvalue weighted by molar-refractivity contribution is 6.34. The average Bonchev–Trinajstić information content (AvgIpc) is 3.08. The zero-order valence-electron chi connectivity index (χ0n) is 18.2. The quantitative estimate of drug-likeness (QED) is 0.367. The number of amides is 3. The number of hydrogen-bond acceptors (Lipinski definition) is 5. The van der Waals surface area contributed by atoms with E-state index in [2.05, 4.69) is 0 Å². The summed E-state index contributed by atoms with van der Waals surface area (Å²) in [7, 11) is 1.51. The minimum absolute atomic E-state index is 0.100.